The van der Waals surface area contributed by atoms with Crippen molar-refractivity contribution in [2.45, 2.75) is 24.8 Å². The van der Waals surface area contributed by atoms with Crippen molar-refractivity contribution in [2.24, 2.45) is 0 Å². The maximum Gasteiger partial charge on any atom is 0.214 e. The summed E-state index contributed by atoms with van der Waals surface area (Å²) in [6.45, 7) is 4.17. The van der Waals surface area contributed by atoms with Gasteiger partial charge in [-0.25, -0.2) is 4.98 Å². The van der Waals surface area contributed by atoms with Gasteiger partial charge in [0.05, 0.1) is 16.4 Å². The Morgan fingerprint density at radius 2 is 1.96 bits per heavy atom. The Morgan fingerprint density at radius 3 is 2.80 bits per heavy atom. The summed E-state index contributed by atoms with van der Waals surface area (Å²) in [4.78, 5) is 4.59. The van der Waals surface area contributed by atoms with E-state index in [1.165, 1.54) is 11.1 Å². The first-order valence-corrected chi connectivity index (χ1v) is 9.08. The van der Waals surface area contributed by atoms with Crippen molar-refractivity contribution in [3.05, 3.63) is 64.6 Å². The lowest BCUT2D eigenvalue weighted by molar-refractivity contribution is 0.755. The lowest BCUT2D eigenvalue weighted by Crippen LogP contribution is -2.00. The number of rotatable bonds is 4. The van der Waals surface area contributed by atoms with Crippen LogP contribution in [0.15, 0.2) is 47.9 Å². The predicted molar refractivity (Wildman–Crippen MR) is 98.4 cm³/mol. The van der Waals surface area contributed by atoms with Crippen LogP contribution in [0.2, 0.25) is 5.02 Å². The Labute approximate surface area is 153 Å². The van der Waals surface area contributed by atoms with E-state index >= 15 is 0 Å². The summed E-state index contributed by atoms with van der Waals surface area (Å²) in [5, 5.41) is 13.5. The molecule has 0 radical (unpaired) electrons. The molecule has 0 saturated heterocycles. The lowest BCUT2D eigenvalue weighted by atomic mass is 10.1. The fourth-order valence-corrected chi connectivity index (χ4v) is 3.46. The average molecular weight is 371 g/mol. The highest BCUT2D eigenvalue weighted by atomic mass is 35.5. The molecule has 8 heteroatoms. The fraction of sp³-hybridized carbons (Fsp3) is 0.176. The molecule has 0 unspecified atom stereocenters. The molecular formula is C17H15ClN6S. The minimum Gasteiger partial charge on any atom is -0.305 e. The fourth-order valence-electron chi connectivity index (χ4n) is 2.51. The molecule has 4 aromatic rings. The van der Waals surface area contributed by atoms with Gasteiger partial charge in [-0.2, -0.15) is 4.68 Å². The van der Waals surface area contributed by atoms with Gasteiger partial charge in [0, 0.05) is 18.1 Å². The van der Waals surface area contributed by atoms with Gasteiger partial charge in [0.25, 0.3) is 0 Å². The van der Waals surface area contributed by atoms with Crippen LogP contribution in [-0.4, -0.2) is 29.6 Å². The van der Waals surface area contributed by atoms with E-state index in [0.29, 0.717) is 10.8 Å². The van der Waals surface area contributed by atoms with Crippen LogP contribution in [0.25, 0.3) is 11.3 Å². The van der Waals surface area contributed by atoms with Crippen molar-refractivity contribution in [1.29, 1.82) is 0 Å². The predicted octanol–water partition coefficient (Wildman–Crippen LogP) is 3.87. The zero-order valence-corrected chi connectivity index (χ0v) is 15.3. The number of nitrogens with zero attached hydrogens (tertiary/aromatic N) is 6. The standard InChI is InChI=1S/C17H15ClN6S/c1-11-3-5-15(7-12(11)2)24-17(20-21-22-24)25-10-14-9-23-8-13(18)4-6-16(23)19-14/h3-9H,10H2,1-2H3. The van der Waals surface area contributed by atoms with E-state index in [0.717, 1.165) is 22.2 Å². The van der Waals surface area contributed by atoms with Gasteiger partial charge < -0.3 is 4.40 Å². The highest BCUT2D eigenvalue weighted by Crippen LogP contribution is 2.23. The maximum absolute atomic E-state index is 6.01. The van der Waals surface area contributed by atoms with Gasteiger partial charge in [-0.05, 0) is 59.7 Å². The quantitative estimate of drug-likeness (QED) is 0.510. The van der Waals surface area contributed by atoms with E-state index in [9.17, 15) is 0 Å². The lowest BCUT2D eigenvalue weighted by Gasteiger charge is -2.06. The van der Waals surface area contributed by atoms with Gasteiger partial charge >= 0.3 is 0 Å². The van der Waals surface area contributed by atoms with Crippen LogP contribution in [0, 0.1) is 13.8 Å². The van der Waals surface area contributed by atoms with Gasteiger partial charge in [0.1, 0.15) is 5.65 Å². The van der Waals surface area contributed by atoms with Crippen molar-refractivity contribution in [2.75, 3.05) is 0 Å². The third-order valence-electron chi connectivity index (χ3n) is 3.99. The van der Waals surface area contributed by atoms with Crippen LogP contribution in [0.3, 0.4) is 0 Å². The minimum absolute atomic E-state index is 0.671. The largest absolute Gasteiger partial charge is 0.305 e. The summed E-state index contributed by atoms with van der Waals surface area (Å²) in [5.41, 5.74) is 5.23. The number of thioether (sulfide) groups is 1. The van der Waals surface area contributed by atoms with Crippen LogP contribution >= 0.6 is 23.4 Å². The highest BCUT2D eigenvalue weighted by Gasteiger charge is 2.11. The zero-order chi connectivity index (χ0) is 17.4. The van der Waals surface area contributed by atoms with E-state index in [1.54, 1.807) is 16.4 Å². The second-order valence-electron chi connectivity index (χ2n) is 5.78. The van der Waals surface area contributed by atoms with E-state index in [1.807, 2.05) is 35.0 Å². The molecule has 0 bridgehead atoms. The van der Waals surface area contributed by atoms with Crippen molar-refractivity contribution in [1.82, 2.24) is 29.6 Å². The van der Waals surface area contributed by atoms with E-state index in [-0.39, 0.29) is 0 Å². The van der Waals surface area contributed by atoms with Gasteiger partial charge in [-0.15, -0.1) is 5.10 Å². The monoisotopic (exact) mass is 370 g/mol. The minimum atomic E-state index is 0.671. The molecule has 0 spiro atoms. The molecule has 6 nitrogen and oxygen atoms in total. The van der Waals surface area contributed by atoms with E-state index in [2.05, 4.69) is 46.5 Å². The molecule has 0 aliphatic rings. The number of hydrogen-bond acceptors (Lipinski definition) is 5. The summed E-state index contributed by atoms with van der Waals surface area (Å²) < 4.78 is 3.67. The molecule has 1 aromatic carbocycles. The van der Waals surface area contributed by atoms with Crippen molar-refractivity contribution in [3.8, 4) is 5.69 Å². The molecule has 0 aliphatic heterocycles. The summed E-state index contributed by atoms with van der Waals surface area (Å²) in [7, 11) is 0. The van der Waals surface area contributed by atoms with Gasteiger partial charge in [-0.3, -0.25) is 0 Å². The molecule has 3 aromatic heterocycles. The first kappa shape index (κ1) is 16.1. The van der Waals surface area contributed by atoms with Gasteiger partial charge in [0.15, 0.2) is 0 Å². The van der Waals surface area contributed by atoms with Gasteiger partial charge in [0.2, 0.25) is 5.16 Å². The smallest absolute Gasteiger partial charge is 0.214 e. The Kier molecular flexibility index (Phi) is 4.19. The maximum atomic E-state index is 6.01. The molecule has 0 atom stereocenters. The number of pyridine rings is 1. The van der Waals surface area contributed by atoms with Crippen LogP contribution in [0.5, 0.6) is 0 Å². The Morgan fingerprint density at radius 1 is 1.08 bits per heavy atom. The van der Waals surface area contributed by atoms with Crippen LogP contribution in [0.4, 0.5) is 0 Å². The topological polar surface area (TPSA) is 60.9 Å². The number of hydrogen-bond donors (Lipinski definition) is 0. The highest BCUT2D eigenvalue weighted by molar-refractivity contribution is 7.98. The number of aromatic nitrogens is 6. The number of fused-ring (bicyclic) bond motifs is 1. The van der Waals surface area contributed by atoms with E-state index in [4.69, 9.17) is 11.6 Å². The van der Waals surface area contributed by atoms with Crippen molar-refractivity contribution < 1.29 is 0 Å². The first-order valence-electron chi connectivity index (χ1n) is 7.72. The molecule has 0 aliphatic carbocycles. The van der Waals surface area contributed by atoms with Gasteiger partial charge in [-0.1, -0.05) is 29.4 Å². The molecule has 0 amide bonds. The third-order valence-corrected chi connectivity index (χ3v) is 5.17. The number of tetrazole rings is 1. The summed E-state index contributed by atoms with van der Waals surface area (Å²) in [6, 6.07) is 9.92. The Balaban J connectivity index is 1.57. The molecule has 0 N–H and O–H groups in total. The molecule has 3 heterocycles. The summed E-state index contributed by atoms with van der Waals surface area (Å²) in [5.74, 6) is 0.671. The summed E-state index contributed by atoms with van der Waals surface area (Å²) in [6.07, 6.45) is 3.82. The second-order valence-corrected chi connectivity index (χ2v) is 7.15. The van der Waals surface area contributed by atoms with Crippen LogP contribution in [0.1, 0.15) is 16.8 Å². The molecule has 25 heavy (non-hydrogen) atoms. The number of halogens is 1. The number of imidazole rings is 1. The Bertz CT molecular complexity index is 1050. The number of aryl methyl sites for hydroxylation is 2. The molecule has 0 fully saturated rings. The van der Waals surface area contributed by atoms with Crippen molar-refractivity contribution >= 4 is 29.0 Å². The normalized spacial score (nSPS) is 11.3. The molecule has 4 rings (SSSR count). The Hall–Kier alpha value is -2.38. The molecule has 126 valence electrons. The van der Waals surface area contributed by atoms with E-state index < -0.39 is 0 Å². The molecular weight excluding hydrogens is 356 g/mol. The third kappa shape index (κ3) is 3.25. The summed E-state index contributed by atoms with van der Waals surface area (Å²) >= 11 is 7.56. The number of benzene rings is 1. The average Bonchev–Trinajstić information content (AvgIpc) is 3.21. The SMILES string of the molecule is Cc1ccc(-n2nnnc2SCc2cn3cc(Cl)ccc3n2)cc1C. The van der Waals surface area contributed by atoms with Crippen molar-refractivity contribution in [3.63, 3.8) is 0 Å². The van der Waals surface area contributed by atoms with Crippen LogP contribution < -0.4 is 0 Å². The zero-order valence-electron chi connectivity index (χ0n) is 13.7. The van der Waals surface area contributed by atoms with Crippen LogP contribution in [-0.2, 0) is 5.75 Å². The first-order chi connectivity index (χ1) is 12.1. The molecule has 0 saturated carbocycles. The second kappa shape index (κ2) is 6.50.